The van der Waals surface area contributed by atoms with E-state index in [0.717, 1.165) is 35.5 Å². The minimum absolute atomic E-state index is 0.279. The zero-order chi connectivity index (χ0) is 16.4. The molecular formula is C18H25FN4. The maximum absolute atomic E-state index is 13.3. The van der Waals surface area contributed by atoms with E-state index in [2.05, 4.69) is 23.3 Å². The number of alkyl halides is 1. The lowest BCUT2D eigenvalue weighted by molar-refractivity contribution is 0.333. The van der Waals surface area contributed by atoms with Crippen molar-refractivity contribution >= 4 is 0 Å². The second-order valence-corrected chi connectivity index (χ2v) is 6.43. The molecule has 1 aliphatic carbocycles. The average Bonchev–Trinajstić information content (AvgIpc) is 3.09. The van der Waals surface area contributed by atoms with E-state index in [0.29, 0.717) is 19.4 Å². The molecule has 0 bridgehead atoms. The van der Waals surface area contributed by atoms with Gasteiger partial charge in [0.05, 0.1) is 11.4 Å². The molecule has 2 aromatic heterocycles. The molecule has 4 nitrogen and oxygen atoms in total. The topological polar surface area (TPSA) is 42.7 Å². The maximum atomic E-state index is 13.3. The minimum Gasteiger partial charge on any atom is -0.308 e. The van der Waals surface area contributed by atoms with Crippen molar-refractivity contribution in [1.29, 1.82) is 0 Å². The number of hydrogen-bond acceptors (Lipinski definition) is 3. The zero-order valence-electron chi connectivity index (χ0n) is 14.1. The van der Waals surface area contributed by atoms with Crippen molar-refractivity contribution in [2.75, 3.05) is 0 Å². The summed E-state index contributed by atoms with van der Waals surface area (Å²) in [6.45, 7) is 4.84. The van der Waals surface area contributed by atoms with Crippen molar-refractivity contribution in [3.63, 3.8) is 0 Å². The van der Waals surface area contributed by atoms with Gasteiger partial charge in [-0.15, -0.1) is 0 Å². The number of hydrogen-bond donors (Lipinski definition) is 1. The highest BCUT2D eigenvalue weighted by atomic mass is 19.1. The summed E-state index contributed by atoms with van der Waals surface area (Å²) >= 11 is 0. The molecule has 0 amide bonds. The van der Waals surface area contributed by atoms with Gasteiger partial charge in [-0.1, -0.05) is 6.92 Å². The van der Waals surface area contributed by atoms with E-state index in [1.807, 2.05) is 30.9 Å². The number of nitrogens with zero attached hydrogens (tertiary/aromatic N) is 3. The predicted molar refractivity (Wildman–Crippen MR) is 89.9 cm³/mol. The number of rotatable bonds is 5. The van der Waals surface area contributed by atoms with E-state index < -0.39 is 6.17 Å². The SMILES string of the molecule is CCc1c(CN[C@H]2CC[C@@H](F)C2)nn(C)c1-c1ccc(C)nc1. The van der Waals surface area contributed by atoms with Gasteiger partial charge < -0.3 is 5.32 Å². The largest absolute Gasteiger partial charge is 0.308 e. The fourth-order valence-electron chi connectivity index (χ4n) is 3.46. The van der Waals surface area contributed by atoms with Gasteiger partial charge in [0.15, 0.2) is 0 Å². The first-order valence-electron chi connectivity index (χ1n) is 8.43. The monoisotopic (exact) mass is 316 g/mol. The quantitative estimate of drug-likeness (QED) is 0.920. The lowest BCUT2D eigenvalue weighted by Crippen LogP contribution is -2.26. The first kappa shape index (κ1) is 16.1. The summed E-state index contributed by atoms with van der Waals surface area (Å²) < 4.78 is 15.2. The molecule has 0 aromatic carbocycles. The van der Waals surface area contributed by atoms with Gasteiger partial charge in [0.1, 0.15) is 6.17 Å². The van der Waals surface area contributed by atoms with Crippen LogP contribution in [0.5, 0.6) is 0 Å². The van der Waals surface area contributed by atoms with E-state index >= 15 is 0 Å². The third-order valence-electron chi connectivity index (χ3n) is 4.69. The zero-order valence-corrected chi connectivity index (χ0v) is 14.1. The highest BCUT2D eigenvalue weighted by Gasteiger charge is 2.24. The molecule has 3 rings (SSSR count). The molecular weight excluding hydrogens is 291 g/mol. The van der Waals surface area contributed by atoms with Gasteiger partial charge >= 0.3 is 0 Å². The van der Waals surface area contributed by atoms with Crippen LogP contribution in [0.3, 0.4) is 0 Å². The normalized spacial score (nSPS) is 21.0. The summed E-state index contributed by atoms with van der Waals surface area (Å²) in [5, 5.41) is 8.17. The smallest absolute Gasteiger partial charge is 0.102 e. The first-order valence-corrected chi connectivity index (χ1v) is 8.43. The van der Waals surface area contributed by atoms with Crippen molar-refractivity contribution in [2.45, 2.75) is 58.3 Å². The van der Waals surface area contributed by atoms with Crippen molar-refractivity contribution in [2.24, 2.45) is 7.05 Å². The van der Waals surface area contributed by atoms with Crippen LogP contribution >= 0.6 is 0 Å². The summed E-state index contributed by atoms with van der Waals surface area (Å²) in [6, 6.07) is 4.40. The molecule has 1 fully saturated rings. The van der Waals surface area contributed by atoms with Crippen LogP contribution in [0, 0.1) is 6.92 Å². The van der Waals surface area contributed by atoms with Gasteiger partial charge in [-0.25, -0.2) is 4.39 Å². The molecule has 0 aliphatic heterocycles. The minimum atomic E-state index is -0.643. The number of pyridine rings is 1. The van der Waals surface area contributed by atoms with E-state index in [1.54, 1.807) is 0 Å². The number of nitrogens with one attached hydrogen (secondary N) is 1. The Labute approximate surface area is 137 Å². The Bertz CT molecular complexity index is 662. The van der Waals surface area contributed by atoms with Crippen LogP contribution in [0.15, 0.2) is 18.3 Å². The summed E-state index contributed by atoms with van der Waals surface area (Å²) in [5.41, 5.74) is 5.55. The average molecular weight is 316 g/mol. The maximum Gasteiger partial charge on any atom is 0.102 e. The van der Waals surface area contributed by atoms with E-state index in [-0.39, 0.29) is 6.04 Å². The van der Waals surface area contributed by atoms with Crippen LogP contribution in [0.2, 0.25) is 0 Å². The molecule has 1 N–H and O–H groups in total. The van der Waals surface area contributed by atoms with Crippen LogP contribution in [-0.4, -0.2) is 27.0 Å². The van der Waals surface area contributed by atoms with Gasteiger partial charge in [-0.2, -0.15) is 5.10 Å². The molecule has 0 spiro atoms. The van der Waals surface area contributed by atoms with Crippen LogP contribution < -0.4 is 5.32 Å². The summed E-state index contributed by atoms with van der Waals surface area (Å²) in [5.74, 6) is 0. The summed E-state index contributed by atoms with van der Waals surface area (Å²) in [4.78, 5) is 4.40. The molecule has 0 radical (unpaired) electrons. The molecule has 2 heterocycles. The Kier molecular flexibility index (Phi) is 4.76. The molecule has 1 aliphatic rings. The lowest BCUT2D eigenvalue weighted by atomic mass is 10.0. The molecule has 23 heavy (non-hydrogen) atoms. The highest BCUT2D eigenvalue weighted by molar-refractivity contribution is 5.64. The lowest BCUT2D eigenvalue weighted by Gasteiger charge is -2.11. The highest BCUT2D eigenvalue weighted by Crippen LogP contribution is 2.27. The van der Waals surface area contributed by atoms with Crippen LogP contribution in [0.4, 0.5) is 4.39 Å². The Hall–Kier alpha value is -1.75. The molecule has 2 aromatic rings. The standard InChI is InChI=1S/C18H25FN4/c1-4-16-17(11-21-15-8-7-14(19)9-15)22-23(3)18(16)13-6-5-12(2)20-10-13/h5-6,10,14-15,21H,4,7-9,11H2,1-3H3/t14-,15+/m1/s1. The van der Waals surface area contributed by atoms with E-state index in [4.69, 9.17) is 5.10 Å². The predicted octanol–water partition coefficient (Wildman–Crippen LogP) is 3.33. The van der Waals surface area contributed by atoms with Crippen LogP contribution in [-0.2, 0) is 20.0 Å². The second kappa shape index (κ2) is 6.79. The van der Waals surface area contributed by atoms with Crippen LogP contribution in [0.25, 0.3) is 11.3 Å². The molecule has 1 saturated carbocycles. The van der Waals surface area contributed by atoms with Gasteiger partial charge in [-0.05, 0) is 44.7 Å². The van der Waals surface area contributed by atoms with E-state index in [1.165, 1.54) is 5.56 Å². The summed E-state index contributed by atoms with van der Waals surface area (Å²) in [6.07, 6.45) is 4.42. The van der Waals surface area contributed by atoms with Gasteiger partial charge in [0.2, 0.25) is 0 Å². The number of halogens is 1. The number of aryl methyl sites for hydroxylation is 2. The summed E-state index contributed by atoms with van der Waals surface area (Å²) in [7, 11) is 1.98. The van der Waals surface area contributed by atoms with Gasteiger partial charge in [0, 0.05) is 42.7 Å². The third-order valence-corrected chi connectivity index (χ3v) is 4.69. The van der Waals surface area contributed by atoms with E-state index in [9.17, 15) is 4.39 Å². The Morgan fingerprint density at radius 3 is 2.78 bits per heavy atom. The fourth-order valence-corrected chi connectivity index (χ4v) is 3.46. The van der Waals surface area contributed by atoms with Gasteiger partial charge in [0.25, 0.3) is 0 Å². The van der Waals surface area contributed by atoms with Crippen molar-refractivity contribution in [3.8, 4) is 11.3 Å². The van der Waals surface area contributed by atoms with Crippen molar-refractivity contribution < 1.29 is 4.39 Å². The Balaban J connectivity index is 1.81. The fraction of sp³-hybridized carbons (Fsp3) is 0.556. The molecule has 0 unspecified atom stereocenters. The Morgan fingerprint density at radius 1 is 1.35 bits per heavy atom. The first-order chi connectivity index (χ1) is 11.1. The third kappa shape index (κ3) is 3.44. The molecule has 5 heteroatoms. The van der Waals surface area contributed by atoms with Crippen molar-refractivity contribution in [1.82, 2.24) is 20.1 Å². The Morgan fingerprint density at radius 2 is 2.17 bits per heavy atom. The molecule has 0 saturated heterocycles. The van der Waals surface area contributed by atoms with Gasteiger partial charge in [-0.3, -0.25) is 9.67 Å². The van der Waals surface area contributed by atoms with Crippen LogP contribution in [0.1, 0.15) is 43.1 Å². The van der Waals surface area contributed by atoms with Crippen molar-refractivity contribution in [3.05, 3.63) is 35.3 Å². The molecule has 2 atom stereocenters. The second-order valence-electron chi connectivity index (χ2n) is 6.43. The number of aromatic nitrogens is 3. The molecule has 124 valence electrons.